The van der Waals surface area contributed by atoms with Crippen LogP contribution in [0.3, 0.4) is 0 Å². The SMILES string of the molecule is Cc1cc(C(=O)N2CCN(C(=O)c3ccc(F)cc3)CC2)on1. The van der Waals surface area contributed by atoms with Gasteiger partial charge in [-0.25, -0.2) is 4.39 Å². The lowest BCUT2D eigenvalue weighted by atomic mass is 10.1. The molecule has 7 heteroatoms. The highest BCUT2D eigenvalue weighted by Gasteiger charge is 2.27. The van der Waals surface area contributed by atoms with Crippen molar-refractivity contribution in [3.63, 3.8) is 0 Å². The molecule has 23 heavy (non-hydrogen) atoms. The van der Waals surface area contributed by atoms with Crippen molar-refractivity contribution in [1.29, 1.82) is 0 Å². The minimum atomic E-state index is -0.376. The van der Waals surface area contributed by atoms with E-state index in [4.69, 9.17) is 4.52 Å². The number of benzene rings is 1. The molecule has 1 aromatic carbocycles. The molecule has 2 amide bonds. The molecule has 0 aliphatic carbocycles. The summed E-state index contributed by atoms with van der Waals surface area (Å²) in [5.74, 6) is -0.549. The molecule has 6 nitrogen and oxygen atoms in total. The van der Waals surface area contributed by atoms with Gasteiger partial charge in [0.05, 0.1) is 5.69 Å². The van der Waals surface area contributed by atoms with Crippen LogP contribution < -0.4 is 0 Å². The third-order valence-electron chi connectivity index (χ3n) is 3.78. The number of nitrogens with zero attached hydrogens (tertiary/aromatic N) is 3. The summed E-state index contributed by atoms with van der Waals surface area (Å²) >= 11 is 0. The maximum absolute atomic E-state index is 12.9. The van der Waals surface area contributed by atoms with Gasteiger partial charge in [-0.2, -0.15) is 0 Å². The van der Waals surface area contributed by atoms with Crippen molar-refractivity contribution in [1.82, 2.24) is 15.0 Å². The third kappa shape index (κ3) is 3.23. The van der Waals surface area contributed by atoms with Gasteiger partial charge in [-0.15, -0.1) is 0 Å². The molecule has 3 rings (SSSR count). The van der Waals surface area contributed by atoms with Gasteiger partial charge in [0.25, 0.3) is 11.8 Å². The Morgan fingerprint density at radius 3 is 2.13 bits per heavy atom. The summed E-state index contributed by atoms with van der Waals surface area (Å²) in [5.41, 5.74) is 1.09. The van der Waals surface area contributed by atoms with Gasteiger partial charge in [0, 0.05) is 37.8 Å². The fraction of sp³-hybridized carbons (Fsp3) is 0.312. The van der Waals surface area contributed by atoms with Crippen molar-refractivity contribution < 1.29 is 18.5 Å². The molecule has 0 spiro atoms. The summed E-state index contributed by atoms with van der Waals surface area (Å²) in [5, 5.41) is 3.70. The summed E-state index contributed by atoms with van der Waals surface area (Å²) in [4.78, 5) is 27.9. The van der Waals surface area contributed by atoms with Gasteiger partial charge in [0.15, 0.2) is 0 Å². The lowest BCUT2D eigenvalue weighted by molar-refractivity contribution is 0.0512. The predicted molar refractivity (Wildman–Crippen MR) is 79.4 cm³/mol. The monoisotopic (exact) mass is 317 g/mol. The molecule has 120 valence electrons. The zero-order valence-electron chi connectivity index (χ0n) is 12.7. The predicted octanol–water partition coefficient (Wildman–Crippen LogP) is 1.72. The molecule has 2 aromatic rings. The van der Waals surface area contributed by atoms with E-state index in [0.717, 1.165) is 0 Å². The summed E-state index contributed by atoms with van der Waals surface area (Å²) in [6, 6.07) is 7.05. The van der Waals surface area contributed by atoms with Crippen LogP contribution in [0, 0.1) is 12.7 Å². The smallest absolute Gasteiger partial charge is 0.292 e. The Morgan fingerprint density at radius 1 is 1.04 bits per heavy atom. The molecule has 0 saturated carbocycles. The second kappa shape index (κ2) is 6.20. The first kappa shape index (κ1) is 15.2. The number of halogens is 1. The van der Waals surface area contributed by atoms with E-state index in [1.807, 2.05) is 0 Å². The van der Waals surface area contributed by atoms with Gasteiger partial charge in [-0.1, -0.05) is 5.16 Å². The summed E-state index contributed by atoms with van der Waals surface area (Å²) in [7, 11) is 0. The van der Waals surface area contributed by atoms with Crippen LogP contribution in [0.1, 0.15) is 26.6 Å². The van der Waals surface area contributed by atoms with Crippen molar-refractivity contribution in [2.24, 2.45) is 0 Å². The highest BCUT2D eigenvalue weighted by molar-refractivity contribution is 5.95. The Labute approximate surface area is 132 Å². The van der Waals surface area contributed by atoms with Crippen LogP contribution in [0.25, 0.3) is 0 Å². The van der Waals surface area contributed by atoms with Gasteiger partial charge in [0.1, 0.15) is 5.82 Å². The number of hydrogen-bond acceptors (Lipinski definition) is 4. The van der Waals surface area contributed by atoms with Crippen LogP contribution in [-0.4, -0.2) is 52.9 Å². The number of carbonyl (C=O) groups excluding carboxylic acids is 2. The Morgan fingerprint density at radius 2 is 1.61 bits per heavy atom. The molecule has 1 aliphatic heterocycles. The van der Waals surface area contributed by atoms with Crippen molar-refractivity contribution in [2.45, 2.75) is 6.92 Å². The molecule has 2 heterocycles. The van der Waals surface area contributed by atoms with Gasteiger partial charge in [-0.05, 0) is 31.2 Å². The molecule has 0 atom stereocenters. The number of hydrogen-bond donors (Lipinski definition) is 0. The normalized spacial score (nSPS) is 14.9. The van der Waals surface area contributed by atoms with E-state index in [1.54, 1.807) is 22.8 Å². The van der Waals surface area contributed by atoms with Gasteiger partial charge in [-0.3, -0.25) is 9.59 Å². The molecule has 0 unspecified atom stereocenters. The number of piperazine rings is 1. The molecule has 1 aromatic heterocycles. The van der Waals surface area contributed by atoms with E-state index in [-0.39, 0.29) is 23.4 Å². The van der Waals surface area contributed by atoms with Crippen molar-refractivity contribution in [3.05, 3.63) is 53.2 Å². The van der Waals surface area contributed by atoms with Crippen molar-refractivity contribution in [2.75, 3.05) is 26.2 Å². The van der Waals surface area contributed by atoms with E-state index < -0.39 is 0 Å². The van der Waals surface area contributed by atoms with E-state index in [9.17, 15) is 14.0 Å². The highest BCUT2D eigenvalue weighted by atomic mass is 19.1. The van der Waals surface area contributed by atoms with Crippen LogP contribution in [0.4, 0.5) is 4.39 Å². The summed E-state index contributed by atoms with van der Waals surface area (Å²) < 4.78 is 17.9. The average molecular weight is 317 g/mol. The second-order valence-electron chi connectivity index (χ2n) is 5.42. The number of rotatable bonds is 2. The standard InChI is InChI=1S/C16H16FN3O3/c1-11-10-14(23-18-11)16(22)20-8-6-19(7-9-20)15(21)12-2-4-13(17)5-3-12/h2-5,10H,6-9H2,1H3. The topological polar surface area (TPSA) is 66.7 Å². The molecule has 0 N–H and O–H groups in total. The van der Waals surface area contributed by atoms with Crippen LogP contribution >= 0.6 is 0 Å². The number of carbonyl (C=O) groups is 2. The van der Waals surface area contributed by atoms with Crippen molar-refractivity contribution in [3.8, 4) is 0 Å². The second-order valence-corrected chi connectivity index (χ2v) is 5.42. The molecular formula is C16H16FN3O3. The Balaban J connectivity index is 1.61. The first-order chi connectivity index (χ1) is 11.0. The van der Waals surface area contributed by atoms with Gasteiger partial charge in [0.2, 0.25) is 5.76 Å². The fourth-order valence-electron chi connectivity index (χ4n) is 2.51. The Bertz CT molecular complexity index is 718. The van der Waals surface area contributed by atoms with E-state index in [1.165, 1.54) is 24.3 Å². The van der Waals surface area contributed by atoms with Crippen LogP contribution in [0.2, 0.25) is 0 Å². The van der Waals surface area contributed by atoms with Gasteiger partial charge < -0.3 is 14.3 Å². The summed E-state index contributed by atoms with van der Waals surface area (Å²) in [6.45, 7) is 3.45. The Hall–Kier alpha value is -2.70. The fourth-order valence-corrected chi connectivity index (χ4v) is 2.51. The third-order valence-corrected chi connectivity index (χ3v) is 3.78. The molecular weight excluding hydrogens is 301 g/mol. The van der Waals surface area contributed by atoms with Crippen LogP contribution in [0.15, 0.2) is 34.9 Å². The maximum atomic E-state index is 12.9. The van der Waals surface area contributed by atoms with Crippen molar-refractivity contribution >= 4 is 11.8 Å². The zero-order valence-corrected chi connectivity index (χ0v) is 12.7. The molecule has 1 aliphatic rings. The summed E-state index contributed by atoms with van der Waals surface area (Å²) in [6.07, 6.45) is 0. The van der Waals surface area contributed by atoms with Crippen LogP contribution in [-0.2, 0) is 0 Å². The highest BCUT2D eigenvalue weighted by Crippen LogP contribution is 2.13. The van der Waals surface area contributed by atoms with E-state index in [0.29, 0.717) is 37.4 Å². The molecule has 1 fully saturated rings. The molecule has 1 saturated heterocycles. The number of aryl methyl sites for hydroxylation is 1. The lowest BCUT2D eigenvalue weighted by Crippen LogP contribution is -2.50. The zero-order chi connectivity index (χ0) is 16.4. The largest absolute Gasteiger partial charge is 0.351 e. The minimum absolute atomic E-state index is 0.160. The molecule has 0 radical (unpaired) electrons. The van der Waals surface area contributed by atoms with E-state index >= 15 is 0 Å². The lowest BCUT2D eigenvalue weighted by Gasteiger charge is -2.34. The van der Waals surface area contributed by atoms with Crippen LogP contribution in [0.5, 0.6) is 0 Å². The quantitative estimate of drug-likeness (QED) is 0.846. The first-order valence-electron chi connectivity index (χ1n) is 7.32. The van der Waals surface area contributed by atoms with E-state index in [2.05, 4.69) is 5.16 Å². The van der Waals surface area contributed by atoms with Gasteiger partial charge >= 0.3 is 0 Å². The minimum Gasteiger partial charge on any atom is -0.351 e. The first-order valence-corrected chi connectivity index (χ1v) is 7.32. The molecule has 0 bridgehead atoms. The number of amides is 2. The average Bonchev–Trinajstić information content (AvgIpc) is 3.01. The maximum Gasteiger partial charge on any atom is 0.292 e. The number of aromatic nitrogens is 1. The Kier molecular flexibility index (Phi) is 4.10.